The third-order valence-corrected chi connectivity index (χ3v) is 5.42. The minimum atomic E-state index is -1.15. The molecule has 3 rings (SSSR count). The van der Waals surface area contributed by atoms with Gasteiger partial charge in [-0.3, -0.25) is 14.5 Å². The molecule has 0 spiro atoms. The van der Waals surface area contributed by atoms with Gasteiger partial charge in [0.05, 0.1) is 6.07 Å². The molecule has 0 radical (unpaired) electrons. The van der Waals surface area contributed by atoms with Crippen molar-refractivity contribution in [1.29, 1.82) is 5.26 Å². The molecule has 4 amide bonds. The lowest BCUT2D eigenvalue weighted by Crippen LogP contribution is -2.50. The summed E-state index contributed by atoms with van der Waals surface area (Å²) in [7, 11) is 0. The lowest BCUT2D eigenvalue weighted by molar-refractivity contribution is -0.135. The number of amides is 4. The summed E-state index contributed by atoms with van der Waals surface area (Å²) >= 11 is 0. The Bertz CT molecular complexity index is 780. The number of hydrogen-bond acceptors (Lipinski definition) is 4. The molecule has 1 aromatic rings. The second-order valence-electron chi connectivity index (χ2n) is 7.29. The summed E-state index contributed by atoms with van der Waals surface area (Å²) in [5, 5.41) is 14.9. The van der Waals surface area contributed by atoms with Crippen LogP contribution < -0.4 is 10.6 Å². The molecule has 2 aliphatic rings. The summed E-state index contributed by atoms with van der Waals surface area (Å²) in [4.78, 5) is 39.1. The highest BCUT2D eigenvalue weighted by atomic mass is 16.2. The number of benzene rings is 1. The minimum absolute atomic E-state index is 0.383. The molecule has 1 heterocycles. The number of nitrogens with zero attached hydrogens (tertiary/aromatic N) is 2. The SMILES string of the molecule is CCC[C@@]1(c2ccccc2)NC(=O)N(CC(=O)NC2(C#N)CCCC2)C1=O. The zero-order valence-electron chi connectivity index (χ0n) is 15.5. The molecule has 1 atom stereocenters. The smallest absolute Gasteiger partial charge is 0.325 e. The minimum Gasteiger partial charge on any atom is -0.336 e. The van der Waals surface area contributed by atoms with Gasteiger partial charge in [0.15, 0.2) is 0 Å². The van der Waals surface area contributed by atoms with Gasteiger partial charge in [-0.05, 0) is 37.7 Å². The highest BCUT2D eigenvalue weighted by molar-refractivity contribution is 6.09. The average molecular weight is 368 g/mol. The van der Waals surface area contributed by atoms with Crippen molar-refractivity contribution < 1.29 is 14.4 Å². The van der Waals surface area contributed by atoms with Gasteiger partial charge in [-0.25, -0.2) is 4.79 Å². The maximum Gasteiger partial charge on any atom is 0.325 e. The lowest BCUT2D eigenvalue weighted by Gasteiger charge is -2.27. The van der Waals surface area contributed by atoms with Gasteiger partial charge in [0.2, 0.25) is 5.91 Å². The zero-order chi connectivity index (χ0) is 19.5. The number of nitrogens with one attached hydrogen (secondary N) is 2. The largest absolute Gasteiger partial charge is 0.336 e. The van der Waals surface area contributed by atoms with Crippen LogP contribution >= 0.6 is 0 Å². The molecular weight excluding hydrogens is 344 g/mol. The molecule has 142 valence electrons. The molecule has 2 fully saturated rings. The molecule has 1 aliphatic heterocycles. The predicted molar refractivity (Wildman–Crippen MR) is 98.2 cm³/mol. The van der Waals surface area contributed by atoms with Crippen LogP contribution in [-0.4, -0.2) is 34.8 Å². The van der Waals surface area contributed by atoms with Crippen LogP contribution in [0.4, 0.5) is 4.79 Å². The van der Waals surface area contributed by atoms with Crippen LogP contribution in [0.5, 0.6) is 0 Å². The molecule has 1 aliphatic carbocycles. The van der Waals surface area contributed by atoms with Gasteiger partial charge in [-0.2, -0.15) is 5.26 Å². The van der Waals surface area contributed by atoms with Crippen molar-refractivity contribution in [2.45, 2.75) is 56.5 Å². The molecule has 0 unspecified atom stereocenters. The van der Waals surface area contributed by atoms with Crippen molar-refractivity contribution >= 4 is 17.8 Å². The highest BCUT2D eigenvalue weighted by Gasteiger charge is 2.52. The molecular formula is C20H24N4O3. The standard InChI is InChI=1S/C20H24N4O3/c1-2-10-20(15-8-4-3-5-9-15)17(26)24(18(27)23-20)13-16(25)22-19(14-21)11-6-7-12-19/h3-5,8-9H,2,6-7,10-13H2,1H3,(H,22,25)(H,23,27)/t20-/m0/s1. The van der Waals surface area contributed by atoms with Gasteiger partial charge in [-0.1, -0.05) is 43.7 Å². The summed E-state index contributed by atoms with van der Waals surface area (Å²) < 4.78 is 0. The first-order valence-corrected chi connectivity index (χ1v) is 9.38. The van der Waals surface area contributed by atoms with Crippen molar-refractivity contribution in [3.8, 4) is 6.07 Å². The maximum absolute atomic E-state index is 13.1. The summed E-state index contributed by atoms with van der Waals surface area (Å²) in [5.41, 5.74) is -1.32. The van der Waals surface area contributed by atoms with E-state index in [4.69, 9.17) is 0 Å². The predicted octanol–water partition coefficient (Wildman–Crippen LogP) is 2.19. The van der Waals surface area contributed by atoms with E-state index in [2.05, 4.69) is 16.7 Å². The number of imide groups is 1. The fourth-order valence-electron chi connectivity index (χ4n) is 4.07. The second-order valence-corrected chi connectivity index (χ2v) is 7.29. The van der Waals surface area contributed by atoms with Crippen LogP contribution in [0.2, 0.25) is 0 Å². The Labute approximate surface area is 158 Å². The van der Waals surface area contributed by atoms with Gasteiger partial charge < -0.3 is 10.6 Å². The number of carbonyl (C=O) groups excluding carboxylic acids is 3. The molecule has 1 saturated carbocycles. The molecule has 1 saturated heterocycles. The normalized spacial score (nSPS) is 23.8. The van der Waals surface area contributed by atoms with Crippen LogP contribution in [0.25, 0.3) is 0 Å². The summed E-state index contributed by atoms with van der Waals surface area (Å²) in [6.45, 7) is 1.56. The summed E-state index contributed by atoms with van der Waals surface area (Å²) in [5.74, 6) is -0.907. The molecule has 7 nitrogen and oxygen atoms in total. The zero-order valence-corrected chi connectivity index (χ0v) is 15.5. The van der Waals surface area contributed by atoms with Gasteiger partial charge >= 0.3 is 6.03 Å². The van der Waals surface area contributed by atoms with E-state index in [1.54, 1.807) is 12.1 Å². The number of hydrogen-bond donors (Lipinski definition) is 2. The van der Waals surface area contributed by atoms with E-state index in [1.807, 2.05) is 25.1 Å². The number of rotatable bonds is 6. The number of urea groups is 1. The van der Waals surface area contributed by atoms with Crippen molar-refractivity contribution in [3.05, 3.63) is 35.9 Å². The lowest BCUT2D eigenvalue weighted by atomic mass is 9.85. The fourth-order valence-corrected chi connectivity index (χ4v) is 4.07. The monoisotopic (exact) mass is 368 g/mol. The quantitative estimate of drug-likeness (QED) is 0.751. The Morgan fingerprint density at radius 2 is 1.93 bits per heavy atom. The Balaban J connectivity index is 1.79. The Morgan fingerprint density at radius 3 is 2.52 bits per heavy atom. The van der Waals surface area contributed by atoms with E-state index in [-0.39, 0.29) is 6.54 Å². The number of nitriles is 1. The van der Waals surface area contributed by atoms with Gasteiger partial charge in [0, 0.05) is 0 Å². The molecule has 0 aromatic heterocycles. The first-order chi connectivity index (χ1) is 13.0. The van der Waals surface area contributed by atoms with E-state index >= 15 is 0 Å². The van der Waals surface area contributed by atoms with Crippen molar-refractivity contribution in [2.24, 2.45) is 0 Å². The highest BCUT2D eigenvalue weighted by Crippen LogP contribution is 2.34. The molecule has 0 bridgehead atoms. The third kappa shape index (κ3) is 3.39. The van der Waals surface area contributed by atoms with Gasteiger partial charge in [-0.15, -0.1) is 0 Å². The van der Waals surface area contributed by atoms with E-state index in [9.17, 15) is 19.6 Å². The second kappa shape index (κ2) is 7.39. The van der Waals surface area contributed by atoms with Crippen LogP contribution in [0.15, 0.2) is 30.3 Å². The topological polar surface area (TPSA) is 102 Å². The van der Waals surface area contributed by atoms with Crippen LogP contribution in [0, 0.1) is 11.3 Å². The number of carbonyl (C=O) groups is 3. The summed E-state index contributed by atoms with van der Waals surface area (Å²) in [6, 6.07) is 10.7. The van der Waals surface area contributed by atoms with Crippen LogP contribution in [-0.2, 0) is 15.1 Å². The molecule has 2 N–H and O–H groups in total. The first-order valence-electron chi connectivity index (χ1n) is 9.38. The average Bonchev–Trinajstić information content (AvgIpc) is 3.22. The first kappa shape index (κ1) is 18.9. The Hall–Kier alpha value is -2.88. The molecule has 27 heavy (non-hydrogen) atoms. The maximum atomic E-state index is 13.1. The van der Waals surface area contributed by atoms with Gasteiger partial charge in [0.25, 0.3) is 5.91 Å². The third-order valence-electron chi connectivity index (χ3n) is 5.42. The van der Waals surface area contributed by atoms with E-state index in [0.29, 0.717) is 31.2 Å². The van der Waals surface area contributed by atoms with E-state index in [0.717, 1.165) is 17.7 Å². The van der Waals surface area contributed by atoms with Crippen LogP contribution in [0.3, 0.4) is 0 Å². The van der Waals surface area contributed by atoms with Crippen molar-refractivity contribution in [1.82, 2.24) is 15.5 Å². The van der Waals surface area contributed by atoms with Gasteiger partial charge in [0.1, 0.15) is 17.6 Å². The van der Waals surface area contributed by atoms with E-state index in [1.165, 1.54) is 0 Å². The Kier molecular flexibility index (Phi) is 5.17. The van der Waals surface area contributed by atoms with Crippen molar-refractivity contribution in [3.63, 3.8) is 0 Å². The van der Waals surface area contributed by atoms with Crippen molar-refractivity contribution in [2.75, 3.05) is 6.54 Å². The molecule has 1 aromatic carbocycles. The summed E-state index contributed by atoms with van der Waals surface area (Å²) in [6.07, 6.45) is 4.09. The van der Waals surface area contributed by atoms with Crippen LogP contribution in [0.1, 0.15) is 51.0 Å². The Morgan fingerprint density at radius 1 is 1.26 bits per heavy atom. The van der Waals surface area contributed by atoms with E-state index < -0.39 is 28.9 Å². The molecule has 7 heteroatoms. The fraction of sp³-hybridized carbons (Fsp3) is 0.500.